The first-order valence-electron chi connectivity index (χ1n) is 11.3. The minimum absolute atomic E-state index is 0.147. The quantitative estimate of drug-likeness (QED) is 0.463. The molecule has 3 aromatic rings. The zero-order valence-corrected chi connectivity index (χ0v) is 21.1. The Kier molecular flexibility index (Phi) is 7.99. The van der Waals surface area contributed by atoms with Crippen LogP contribution in [0.5, 0.6) is 5.75 Å². The number of aryl methyl sites for hydroxylation is 3. The second-order valence-electron chi connectivity index (χ2n) is 8.42. The number of anilines is 1. The average molecular weight is 481 g/mol. The maximum absolute atomic E-state index is 13.7. The predicted octanol–water partition coefficient (Wildman–Crippen LogP) is 5.08. The van der Waals surface area contributed by atoms with Crippen molar-refractivity contribution in [1.29, 1.82) is 0 Å². The Bertz CT molecular complexity index is 1240. The van der Waals surface area contributed by atoms with Gasteiger partial charge in [-0.15, -0.1) is 0 Å². The van der Waals surface area contributed by atoms with Gasteiger partial charge in [-0.25, -0.2) is 8.42 Å². The van der Waals surface area contributed by atoms with Crippen LogP contribution in [-0.2, 0) is 14.8 Å². The van der Waals surface area contributed by atoms with E-state index >= 15 is 0 Å². The van der Waals surface area contributed by atoms with Crippen LogP contribution in [0.15, 0.2) is 71.6 Å². The van der Waals surface area contributed by atoms with Gasteiger partial charge in [0.25, 0.3) is 10.0 Å². The highest BCUT2D eigenvalue weighted by Gasteiger charge is 2.29. The SMILES string of the molecule is CC[C@@H](NC(=O)CN(c1cc(C)ccc1C)S(=O)(=O)c1ccc(C)cc1)c1ccc(OC)cc1. The Morgan fingerprint density at radius 3 is 2.15 bits per heavy atom. The average Bonchev–Trinajstić information content (AvgIpc) is 2.83. The number of benzene rings is 3. The summed E-state index contributed by atoms with van der Waals surface area (Å²) < 4.78 is 33.8. The van der Waals surface area contributed by atoms with Crippen LogP contribution < -0.4 is 14.4 Å². The van der Waals surface area contributed by atoms with Crippen LogP contribution in [0.2, 0.25) is 0 Å². The minimum Gasteiger partial charge on any atom is -0.497 e. The molecule has 0 aliphatic carbocycles. The van der Waals surface area contributed by atoms with Crippen LogP contribution >= 0.6 is 0 Å². The van der Waals surface area contributed by atoms with Crippen LogP contribution in [0.3, 0.4) is 0 Å². The standard InChI is InChI=1S/C27H32N2O4S/c1-6-25(22-11-13-23(33-5)14-12-22)28-27(30)18-29(26-17-20(3)7-10-21(26)4)34(31,32)24-15-8-19(2)9-16-24/h7-17,25H,6,18H2,1-5H3,(H,28,30)/t25-/m1/s1. The van der Waals surface area contributed by atoms with Gasteiger partial charge in [0.05, 0.1) is 23.7 Å². The van der Waals surface area contributed by atoms with Crippen molar-refractivity contribution in [1.82, 2.24) is 5.32 Å². The second-order valence-corrected chi connectivity index (χ2v) is 10.3. The lowest BCUT2D eigenvalue weighted by molar-refractivity contribution is -0.120. The lowest BCUT2D eigenvalue weighted by Crippen LogP contribution is -2.42. The summed E-state index contributed by atoms with van der Waals surface area (Å²) in [6, 6.07) is 19.5. The zero-order valence-electron chi connectivity index (χ0n) is 20.3. The molecule has 1 N–H and O–H groups in total. The number of amides is 1. The molecule has 1 atom stereocenters. The molecule has 0 spiro atoms. The molecule has 0 radical (unpaired) electrons. The van der Waals surface area contributed by atoms with Crippen LogP contribution in [0, 0.1) is 20.8 Å². The molecule has 180 valence electrons. The van der Waals surface area contributed by atoms with Crippen molar-refractivity contribution in [2.75, 3.05) is 18.0 Å². The smallest absolute Gasteiger partial charge is 0.264 e. The van der Waals surface area contributed by atoms with Crippen LogP contribution in [-0.4, -0.2) is 28.0 Å². The summed E-state index contributed by atoms with van der Waals surface area (Å²) in [5, 5.41) is 3.00. The highest BCUT2D eigenvalue weighted by molar-refractivity contribution is 7.92. The molecule has 0 aliphatic rings. The highest BCUT2D eigenvalue weighted by Crippen LogP contribution is 2.28. The summed E-state index contributed by atoms with van der Waals surface area (Å²) >= 11 is 0. The van der Waals surface area contributed by atoms with E-state index in [9.17, 15) is 13.2 Å². The van der Waals surface area contributed by atoms with Crippen LogP contribution in [0.1, 0.15) is 41.6 Å². The first-order chi connectivity index (χ1) is 16.1. The normalized spacial score (nSPS) is 12.1. The van der Waals surface area contributed by atoms with Gasteiger partial charge in [-0.2, -0.15) is 0 Å². The molecule has 0 bridgehead atoms. The predicted molar refractivity (Wildman–Crippen MR) is 136 cm³/mol. The van der Waals surface area contributed by atoms with E-state index in [0.717, 1.165) is 28.0 Å². The lowest BCUT2D eigenvalue weighted by Gasteiger charge is -2.27. The van der Waals surface area contributed by atoms with E-state index in [2.05, 4.69) is 5.32 Å². The Labute approximate surface area is 202 Å². The van der Waals surface area contributed by atoms with Crippen molar-refractivity contribution in [2.24, 2.45) is 0 Å². The van der Waals surface area contributed by atoms with Crippen molar-refractivity contribution < 1.29 is 17.9 Å². The number of hydrogen-bond acceptors (Lipinski definition) is 4. The Morgan fingerprint density at radius 2 is 1.56 bits per heavy atom. The number of hydrogen-bond donors (Lipinski definition) is 1. The maximum atomic E-state index is 13.7. The highest BCUT2D eigenvalue weighted by atomic mass is 32.2. The van der Waals surface area contributed by atoms with Crippen molar-refractivity contribution >= 4 is 21.6 Å². The van der Waals surface area contributed by atoms with Gasteiger partial charge in [-0.05, 0) is 74.2 Å². The second kappa shape index (κ2) is 10.7. The molecule has 0 aromatic heterocycles. The third-order valence-electron chi connectivity index (χ3n) is 5.79. The van der Waals surface area contributed by atoms with Gasteiger partial charge < -0.3 is 10.1 Å². The van der Waals surface area contributed by atoms with Crippen molar-refractivity contribution in [3.05, 3.63) is 89.0 Å². The largest absolute Gasteiger partial charge is 0.497 e. The van der Waals surface area contributed by atoms with Crippen molar-refractivity contribution in [3.63, 3.8) is 0 Å². The first kappa shape index (κ1) is 25.3. The molecule has 0 saturated carbocycles. The van der Waals surface area contributed by atoms with Gasteiger partial charge in [0.1, 0.15) is 12.3 Å². The summed E-state index contributed by atoms with van der Waals surface area (Å²) in [5.41, 5.74) is 4.07. The lowest BCUT2D eigenvalue weighted by atomic mass is 10.0. The van der Waals surface area contributed by atoms with E-state index in [1.165, 1.54) is 4.31 Å². The molecule has 3 aromatic carbocycles. The molecular weight excluding hydrogens is 448 g/mol. The van der Waals surface area contributed by atoms with Crippen molar-refractivity contribution in [2.45, 2.75) is 45.1 Å². The molecule has 0 unspecified atom stereocenters. The Hall–Kier alpha value is -3.32. The molecular formula is C27H32N2O4S. The van der Waals surface area contributed by atoms with Gasteiger partial charge >= 0.3 is 0 Å². The molecule has 0 heterocycles. The third kappa shape index (κ3) is 5.78. The Morgan fingerprint density at radius 1 is 0.941 bits per heavy atom. The summed E-state index contributed by atoms with van der Waals surface area (Å²) in [6.07, 6.45) is 0.659. The number of nitrogens with one attached hydrogen (secondary N) is 1. The van der Waals surface area contributed by atoms with Gasteiger partial charge in [0.15, 0.2) is 0 Å². The maximum Gasteiger partial charge on any atom is 0.264 e. The van der Waals surface area contributed by atoms with Crippen molar-refractivity contribution in [3.8, 4) is 5.75 Å². The number of carbonyl (C=O) groups is 1. The molecule has 34 heavy (non-hydrogen) atoms. The molecule has 0 fully saturated rings. The summed E-state index contributed by atoms with van der Waals surface area (Å²) in [4.78, 5) is 13.3. The van der Waals surface area contributed by atoms with Gasteiger partial charge in [-0.1, -0.05) is 48.9 Å². The van der Waals surface area contributed by atoms with Crippen LogP contribution in [0.25, 0.3) is 0 Å². The first-order valence-corrected chi connectivity index (χ1v) is 12.7. The molecule has 3 rings (SSSR count). The molecule has 1 amide bonds. The monoisotopic (exact) mass is 480 g/mol. The number of sulfonamides is 1. The van der Waals surface area contributed by atoms with E-state index in [-0.39, 0.29) is 23.4 Å². The van der Waals surface area contributed by atoms with Gasteiger partial charge in [0, 0.05) is 0 Å². The molecule has 6 nitrogen and oxygen atoms in total. The summed E-state index contributed by atoms with van der Waals surface area (Å²) in [6.45, 7) is 7.29. The fraction of sp³-hybridized carbons (Fsp3) is 0.296. The summed E-state index contributed by atoms with van der Waals surface area (Å²) in [5.74, 6) is 0.356. The molecule has 0 saturated heterocycles. The number of carbonyl (C=O) groups excluding carboxylic acids is 1. The summed E-state index contributed by atoms with van der Waals surface area (Å²) in [7, 11) is -2.36. The van der Waals surface area contributed by atoms with E-state index in [1.54, 1.807) is 37.4 Å². The van der Waals surface area contributed by atoms with Gasteiger partial charge in [-0.3, -0.25) is 9.10 Å². The topological polar surface area (TPSA) is 75.7 Å². The van der Waals surface area contributed by atoms with E-state index < -0.39 is 10.0 Å². The van der Waals surface area contributed by atoms with E-state index in [1.807, 2.05) is 64.1 Å². The third-order valence-corrected chi connectivity index (χ3v) is 7.57. The van der Waals surface area contributed by atoms with E-state index in [4.69, 9.17) is 4.74 Å². The van der Waals surface area contributed by atoms with E-state index in [0.29, 0.717) is 12.1 Å². The zero-order chi connectivity index (χ0) is 24.9. The number of methoxy groups -OCH3 is 1. The minimum atomic E-state index is -3.97. The number of rotatable bonds is 9. The fourth-order valence-corrected chi connectivity index (χ4v) is 5.23. The molecule has 7 heteroatoms. The fourth-order valence-electron chi connectivity index (χ4n) is 3.75. The van der Waals surface area contributed by atoms with Crippen LogP contribution in [0.4, 0.5) is 5.69 Å². The Balaban J connectivity index is 1.94. The van der Waals surface area contributed by atoms with Gasteiger partial charge in [0.2, 0.25) is 5.91 Å². The number of nitrogens with zero attached hydrogens (tertiary/aromatic N) is 1. The number of ether oxygens (including phenoxy) is 1. The molecule has 0 aliphatic heterocycles.